The number of imidazole rings is 1. The molecule has 19 heavy (non-hydrogen) atoms. The molecule has 0 aliphatic heterocycles. The Morgan fingerprint density at radius 3 is 2.63 bits per heavy atom. The van der Waals surface area contributed by atoms with Gasteiger partial charge in [0.1, 0.15) is 11.6 Å². The van der Waals surface area contributed by atoms with Crippen LogP contribution in [0.1, 0.15) is 64.1 Å². The molecule has 1 aromatic rings. The second-order valence-corrected chi connectivity index (χ2v) is 5.72. The van der Waals surface area contributed by atoms with E-state index in [1.54, 1.807) is 0 Å². The van der Waals surface area contributed by atoms with Crippen LogP contribution in [0.25, 0.3) is 0 Å². The second kappa shape index (κ2) is 7.46. The lowest BCUT2D eigenvalue weighted by Crippen LogP contribution is -2.20. The fourth-order valence-corrected chi connectivity index (χ4v) is 3.03. The van der Waals surface area contributed by atoms with Crippen LogP contribution in [0.2, 0.25) is 0 Å². The van der Waals surface area contributed by atoms with Crippen molar-refractivity contribution in [1.82, 2.24) is 9.55 Å². The molecule has 1 aromatic heterocycles. The second-order valence-electron chi connectivity index (χ2n) is 5.72. The first-order valence-corrected chi connectivity index (χ1v) is 7.84. The van der Waals surface area contributed by atoms with E-state index >= 15 is 0 Å². The fraction of sp³-hybridized carbons (Fsp3) is 0.750. The van der Waals surface area contributed by atoms with Crippen molar-refractivity contribution < 1.29 is 4.79 Å². The minimum Gasteiger partial charge on any atom is -0.335 e. The maximum absolute atomic E-state index is 12.4. The Morgan fingerprint density at radius 1 is 1.26 bits per heavy atom. The lowest BCUT2D eigenvalue weighted by atomic mass is 9.87. The van der Waals surface area contributed by atoms with Crippen molar-refractivity contribution in [2.45, 2.75) is 71.3 Å². The van der Waals surface area contributed by atoms with E-state index in [9.17, 15) is 4.79 Å². The minimum atomic E-state index is 0.284. The summed E-state index contributed by atoms with van der Waals surface area (Å²) in [6, 6.07) is 0. The first-order valence-electron chi connectivity index (χ1n) is 7.84. The van der Waals surface area contributed by atoms with Crippen molar-refractivity contribution in [3.63, 3.8) is 0 Å². The zero-order valence-corrected chi connectivity index (χ0v) is 12.1. The largest absolute Gasteiger partial charge is 0.335 e. The van der Waals surface area contributed by atoms with Gasteiger partial charge in [0.25, 0.3) is 0 Å². The van der Waals surface area contributed by atoms with Gasteiger partial charge in [-0.3, -0.25) is 4.79 Å². The SMILES string of the molecule is CCCn1ccnc1CC(=O)C1CCCCCCC1. The average molecular weight is 262 g/mol. The average Bonchev–Trinajstić information content (AvgIpc) is 2.76. The number of carbonyl (C=O) groups excluding carboxylic acids is 1. The van der Waals surface area contributed by atoms with E-state index in [1.165, 1.54) is 32.1 Å². The summed E-state index contributed by atoms with van der Waals surface area (Å²) in [6.45, 7) is 3.12. The predicted molar refractivity (Wildman–Crippen MR) is 77.0 cm³/mol. The van der Waals surface area contributed by atoms with Crippen molar-refractivity contribution in [1.29, 1.82) is 0 Å². The molecule has 0 saturated heterocycles. The van der Waals surface area contributed by atoms with Crippen LogP contribution >= 0.6 is 0 Å². The number of hydrogen-bond acceptors (Lipinski definition) is 2. The molecule has 3 heteroatoms. The molecule has 0 N–H and O–H groups in total. The predicted octanol–water partition coefficient (Wildman–Crippen LogP) is 3.77. The van der Waals surface area contributed by atoms with Crippen LogP contribution in [-0.4, -0.2) is 15.3 Å². The third-order valence-electron chi connectivity index (χ3n) is 4.16. The maximum atomic E-state index is 12.4. The van der Waals surface area contributed by atoms with E-state index in [1.807, 2.05) is 12.4 Å². The van der Waals surface area contributed by atoms with Gasteiger partial charge in [0, 0.05) is 24.9 Å². The lowest BCUT2D eigenvalue weighted by Gasteiger charge is -2.18. The molecular formula is C16H26N2O. The molecule has 0 amide bonds. The number of Topliss-reactive ketones (excluding diaryl/α,β-unsaturated/α-hetero) is 1. The van der Waals surface area contributed by atoms with Crippen LogP contribution in [0.4, 0.5) is 0 Å². The molecule has 106 valence electrons. The van der Waals surface area contributed by atoms with Crippen molar-refractivity contribution in [2.24, 2.45) is 5.92 Å². The molecule has 2 rings (SSSR count). The Hall–Kier alpha value is -1.12. The smallest absolute Gasteiger partial charge is 0.143 e. The number of aryl methyl sites for hydroxylation is 1. The summed E-state index contributed by atoms with van der Waals surface area (Å²) >= 11 is 0. The zero-order valence-electron chi connectivity index (χ0n) is 12.1. The van der Waals surface area contributed by atoms with Crippen LogP contribution in [0, 0.1) is 5.92 Å². The monoisotopic (exact) mass is 262 g/mol. The Bertz CT molecular complexity index is 389. The Morgan fingerprint density at radius 2 is 1.95 bits per heavy atom. The molecule has 0 atom stereocenters. The first-order chi connectivity index (χ1) is 9.31. The van der Waals surface area contributed by atoms with E-state index in [-0.39, 0.29) is 5.92 Å². The number of aromatic nitrogens is 2. The van der Waals surface area contributed by atoms with E-state index in [0.717, 1.165) is 31.6 Å². The summed E-state index contributed by atoms with van der Waals surface area (Å²) in [5, 5.41) is 0. The molecule has 1 aliphatic carbocycles. The van der Waals surface area contributed by atoms with Gasteiger partial charge in [0.2, 0.25) is 0 Å². The minimum absolute atomic E-state index is 0.284. The van der Waals surface area contributed by atoms with Crippen molar-refractivity contribution >= 4 is 5.78 Å². The highest BCUT2D eigenvalue weighted by atomic mass is 16.1. The van der Waals surface area contributed by atoms with Crippen molar-refractivity contribution in [3.05, 3.63) is 18.2 Å². The molecule has 0 radical (unpaired) electrons. The van der Waals surface area contributed by atoms with Gasteiger partial charge in [0.15, 0.2) is 0 Å². The molecule has 1 saturated carbocycles. The standard InChI is InChI=1S/C16H26N2O/c1-2-11-18-12-10-17-16(18)13-15(19)14-8-6-4-3-5-7-9-14/h10,12,14H,2-9,11,13H2,1H3. The zero-order chi connectivity index (χ0) is 13.5. The van der Waals surface area contributed by atoms with E-state index in [4.69, 9.17) is 0 Å². The van der Waals surface area contributed by atoms with Gasteiger partial charge in [-0.05, 0) is 19.3 Å². The number of nitrogens with zero attached hydrogens (tertiary/aromatic N) is 2. The summed E-state index contributed by atoms with van der Waals surface area (Å²) in [5.74, 6) is 1.64. The highest BCUT2D eigenvalue weighted by Crippen LogP contribution is 2.24. The Kier molecular flexibility index (Phi) is 5.62. The summed E-state index contributed by atoms with van der Waals surface area (Å²) in [6.07, 6.45) is 14.0. The van der Waals surface area contributed by atoms with E-state index < -0.39 is 0 Å². The van der Waals surface area contributed by atoms with E-state index in [2.05, 4.69) is 16.5 Å². The molecule has 0 aromatic carbocycles. The van der Waals surface area contributed by atoms with Crippen molar-refractivity contribution in [3.8, 4) is 0 Å². The van der Waals surface area contributed by atoms with Crippen LogP contribution in [0.5, 0.6) is 0 Å². The van der Waals surface area contributed by atoms with Crippen LogP contribution < -0.4 is 0 Å². The van der Waals surface area contributed by atoms with Gasteiger partial charge in [-0.15, -0.1) is 0 Å². The molecule has 0 bridgehead atoms. The molecular weight excluding hydrogens is 236 g/mol. The van der Waals surface area contributed by atoms with Crippen LogP contribution in [0.15, 0.2) is 12.4 Å². The third kappa shape index (κ3) is 4.19. The Balaban J connectivity index is 1.93. The normalized spacial score (nSPS) is 17.9. The number of ketones is 1. The molecule has 3 nitrogen and oxygen atoms in total. The van der Waals surface area contributed by atoms with Crippen LogP contribution in [-0.2, 0) is 17.8 Å². The van der Waals surface area contributed by atoms with Gasteiger partial charge in [0.05, 0.1) is 6.42 Å². The highest BCUT2D eigenvalue weighted by molar-refractivity contribution is 5.82. The molecule has 0 unspecified atom stereocenters. The van der Waals surface area contributed by atoms with Gasteiger partial charge >= 0.3 is 0 Å². The van der Waals surface area contributed by atoms with Gasteiger partial charge < -0.3 is 4.57 Å². The van der Waals surface area contributed by atoms with Gasteiger partial charge in [-0.1, -0.05) is 39.0 Å². The highest BCUT2D eigenvalue weighted by Gasteiger charge is 2.20. The van der Waals surface area contributed by atoms with Crippen molar-refractivity contribution in [2.75, 3.05) is 0 Å². The quantitative estimate of drug-likeness (QED) is 0.809. The fourth-order valence-electron chi connectivity index (χ4n) is 3.03. The summed E-state index contributed by atoms with van der Waals surface area (Å²) in [4.78, 5) is 16.8. The first kappa shape index (κ1) is 14.3. The summed E-state index contributed by atoms with van der Waals surface area (Å²) in [5.41, 5.74) is 0. The number of hydrogen-bond donors (Lipinski definition) is 0. The van der Waals surface area contributed by atoms with Gasteiger partial charge in [-0.25, -0.2) is 4.98 Å². The van der Waals surface area contributed by atoms with Crippen LogP contribution in [0.3, 0.4) is 0 Å². The topological polar surface area (TPSA) is 34.9 Å². The maximum Gasteiger partial charge on any atom is 0.143 e. The van der Waals surface area contributed by atoms with Gasteiger partial charge in [-0.2, -0.15) is 0 Å². The molecule has 1 fully saturated rings. The Labute approximate surface area is 116 Å². The number of rotatable bonds is 5. The number of carbonyl (C=O) groups is 1. The lowest BCUT2D eigenvalue weighted by molar-refractivity contribution is -0.123. The van der Waals surface area contributed by atoms with E-state index in [0.29, 0.717) is 12.2 Å². The molecule has 1 heterocycles. The summed E-state index contributed by atoms with van der Waals surface area (Å²) < 4.78 is 2.13. The molecule has 1 aliphatic rings. The molecule has 0 spiro atoms. The summed E-state index contributed by atoms with van der Waals surface area (Å²) in [7, 11) is 0. The third-order valence-corrected chi connectivity index (χ3v) is 4.16.